The Hall–Kier alpha value is -1.88. The Labute approximate surface area is 138 Å². The molecule has 2 aromatic carbocycles. The molecule has 0 fully saturated rings. The first-order valence-electron chi connectivity index (χ1n) is 7.85. The number of aliphatic hydroxyl groups excluding tert-OH is 1. The van der Waals surface area contributed by atoms with Crippen LogP contribution < -0.4 is 10.1 Å². The minimum absolute atomic E-state index is 0.0360. The van der Waals surface area contributed by atoms with E-state index in [4.69, 9.17) is 9.47 Å². The van der Waals surface area contributed by atoms with Crippen LogP contribution in [0.25, 0.3) is 0 Å². The normalized spacial score (nSPS) is 13.5. The molecule has 2 atom stereocenters. The zero-order chi connectivity index (χ0) is 16.5. The molecule has 124 valence electrons. The van der Waals surface area contributed by atoms with Gasteiger partial charge in [-0.25, -0.2) is 0 Å². The third-order valence-electron chi connectivity index (χ3n) is 3.76. The average Bonchev–Trinajstić information content (AvgIpc) is 2.61. The van der Waals surface area contributed by atoms with Crippen LogP contribution in [0.2, 0.25) is 0 Å². The zero-order valence-electron chi connectivity index (χ0n) is 13.7. The van der Waals surface area contributed by atoms with Crippen LogP contribution in [-0.4, -0.2) is 31.0 Å². The molecule has 2 N–H and O–H groups in total. The van der Waals surface area contributed by atoms with Gasteiger partial charge in [-0.15, -0.1) is 0 Å². The van der Waals surface area contributed by atoms with E-state index in [1.54, 1.807) is 7.11 Å². The molecule has 0 spiro atoms. The minimum Gasteiger partial charge on any atom is -0.497 e. The molecule has 0 bridgehead atoms. The first-order valence-corrected chi connectivity index (χ1v) is 7.85. The molecular formula is C19H25NO3. The summed E-state index contributed by atoms with van der Waals surface area (Å²) < 4.78 is 10.7. The van der Waals surface area contributed by atoms with E-state index >= 15 is 0 Å². The van der Waals surface area contributed by atoms with E-state index in [0.717, 1.165) is 17.9 Å². The van der Waals surface area contributed by atoms with Gasteiger partial charge < -0.3 is 19.9 Å². The van der Waals surface area contributed by atoms with Gasteiger partial charge >= 0.3 is 0 Å². The molecule has 0 aliphatic heterocycles. The van der Waals surface area contributed by atoms with Crippen LogP contribution in [0.5, 0.6) is 5.75 Å². The van der Waals surface area contributed by atoms with Crippen LogP contribution >= 0.6 is 0 Å². The third-order valence-corrected chi connectivity index (χ3v) is 3.76. The molecule has 0 saturated carbocycles. The fourth-order valence-corrected chi connectivity index (χ4v) is 2.17. The number of benzene rings is 2. The summed E-state index contributed by atoms with van der Waals surface area (Å²) in [6.45, 7) is 3.48. The van der Waals surface area contributed by atoms with Crippen molar-refractivity contribution < 1.29 is 14.6 Å². The zero-order valence-corrected chi connectivity index (χ0v) is 13.7. The fraction of sp³-hybridized carbons (Fsp3) is 0.368. The van der Waals surface area contributed by atoms with Gasteiger partial charge in [-0.2, -0.15) is 0 Å². The monoisotopic (exact) mass is 315 g/mol. The first-order chi connectivity index (χ1) is 11.2. The molecule has 23 heavy (non-hydrogen) atoms. The van der Waals surface area contributed by atoms with Gasteiger partial charge in [-0.3, -0.25) is 0 Å². The standard InChI is InChI=1S/C19H25NO3/c1-15(20-12-16-6-4-3-5-7-16)19(21)14-23-13-17-8-10-18(22-2)11-9-17/h3-11,15,19-21H,12-14H2,1-2H3/t15-,19-/m0/s1. The van der Waals surface area contributed by atoms with Gasteiger partial charge in [-0.1, -0.05) is 42.5 Å². The van der Waals surface area contributed by atoms with E-state index in [2.05, 4.69) is 17.4 Å². The molecule has 0 saturated heterocycles. The molecule has 0 aliphatic carbocycles. The molecule has 2 rings (SSSR count). The summed E-state index contributed by atoms with van der Waals surface area (Å²) in [5.74, 6) is 0.826. The van der Waals surface area contributed by atoms with E-state index in [9.17, 15) is 5.11 Å². The predicted molar refractivity (Wildman–Crippen MR) is 91.4 cm³/mol. The van der Waals surface area contributed by atoms with Gasteiger partial charge in [0.15, 0.2) is 0 Å². The van der Waals surface area contributed by atoms with Crippen molar-refractivity contribution in [2.75, 3.05) is 13.7 Å². The Bertz CT molecular complexity index is 557. The molecule has 4 nitrogen and oxygen atoms in total. The van der Waals surface area contributed by atoms with Crippen molar-refractivity contribution in [2.24, 2.45) is 0 Å². The Balaban J connectivity index is 1.67. The molecule has 4 heteroatoms. The highest BCUT2D eigenvalue weighted by molar-refractivity contribution is 5.26. The van der Waals surface area contributed by atoms with Crippen LogP contribution in [0.15, 0.2) is 54.6 Å². The maximum atomic E-state index is 10.1. The number of hydrogen-bond donors (Lipinski definition) is 2. The van der Waals surface area contributed by atoms with Gasteiger partial charge in [-0.05, 0) is 30.2 Å². The lowest BCUT2D eigenvalue weighted by Gasteiger charge is -2.20. The maximum Gasteiger partial charge on any atom is 0.118 e. The van der Waals surface area contributed by atoms with Crippen molar-refractivity contribution in [2.45, 2.75) is 32.2 Å². The number of methoxy groups -OCH3 is 1. The summed E-state index contributed by atoms with van der Waals surface area (Å²) in [7, 11) is 1.64. The quantitative estimate of drug-likeness (QED) is 0.747. The second-order valence-electron chi connectivity index (χ2n) is 5.59. The number of ether oxygens (including phenoxy) is 2. The van der Waals surface area contributed by atoms with E-state index in [1.165, 1.54) is 5.56 Å². The lowest BCUT2D eigenvalue weighted by molar-refractivity contribution is 0.0121. The van der Waals surface area contributed by atoms with Crippen molar-refractivity contribution >= 4 is 0 Å². The molecule has 0 aliphatic rings. The molecule has 0 heterocycles. The largest absolute Gasteiger partial charge is 0.497 e. The molecule has 0 aromatic heterocycles. The van der Waals surface area contributed by atoms with Crippen molar-refractivity contribution in [1.82, 2.24) is 5.32 Å². The third kappa shape index (κ3) is 6.02. The Morgan fingerprint density at radius 1 is 1.00 bits per heavy atom. The lowest BCUT2D eigenvalue weighted by Crippen LogP contribution is -2.39. The summed E-state index contributed by atoms with van der Waals surface area (Å²) in [5, 5.41) is 13.5. The summed E-state index contributed by atoms with van der Waals surface area (Å²) in [4.78, 5) is 0. The van der Waals surface area contributed by atoms with Crippen LogP contribution in [0.1, 0.15) is 18.1 Å². The van der Waals surface area contributed by atoms with E-state index < -0.39 is 6.10 Å². The van der Waals surface area contributed by atoms with Gasteiger partial charge in [0, 0.05) is 12.6 Å². The van der Waals surface area contributed by atoms with Gasteiger partial charge in [0.25, 0.3) is 0 Å². The topological polar surface area (TPSA) is 50.7 Å². The minimum atomic E-state index is -0.544. The smallest absolute Gasteiger partial charge is 0.118 e. The summed E-state index contributed by atoms with van der Waals surface area (Å²) >= 11 is 0. The highest BCUT2D eigenvalue weighted by Crippen LogP contribution is 2.12. The number of aliphatic hydroxyl groups is 1. The molecular weight excluding hydrogens is 290 g/mol. The number of hydrogen-bond acceptors (Lipinski definition) is 4. The van der Waals surface area contributed by atoms with Gasteiger partial charge in [0.05, 0.1) is 26.4 Å². The van der Waals surface area contributed by atoms with E-state index in [0.29, 0.717) is 13.2 Å². The van der Waals surface area contributed by atoms with Gasteiger partial charge in [0.2, 0.25) is 0 Å². The van der Waals surface area contributed by atoms with Crippen molar-refractivity contribution in [3.05, 3.63) is 65.7 Å². The lowest BCUT2D eigenvalue weighted by atomic mass is 10.1. The summed E-state index contributed by atoms with van der Waals surface area (Å²) in [6, 6.07) is 17.8. The fourth-order valence-electron chi connectivity index (χ4n) is 2.17. The van der Waals surface area contributed by atoms with Crippen LogP contribution in [0.3, 0.4) is 0 Å². The SMILES string of the molecule is COc1ccc(COC[C@H](O)[C@H](C)NCc2ccccc2)cc1. The first kappa shape index (κ1) is 17.5. The molecule has 0 amide bonds. The van der Waals surface area contributed by atoms with Crippen molar-refractivity contribution in [1.29, 1.82) is 0 Å². The van der Waals surface area contributed by atoms with Crippen LogP contribution in [0, 0.1) is 0 Å². The van der Waals surface area contributed by atoms with Crippen LogP contribution in [-0.2, 0) is 17.9 Å². The second-order valence-corrected chi connectivity index (χ2v) is 5.59. The average molecular weight is 315 g/mol. The van der Waals surface area contributed by atoms with Crippen LogP contribution in [0.4, 0.5) is 0 Å². The molecule has 0 unspecified atom stereocenters. The summed E-state index contributed by atoms with van der Waals surface area (Å²) in [5.41, 5.74) is 2.26. The highest BCUT2D eigenvalue weighted by atomic mass is 16.5. The van der Waals surface area contributed by atoms with E-state index in [-0.39, 0.29) is 6.04 Å². The van der Waals surface area contributed by atoms with Crippen molar-refractivity contribution in [3.63, 3.8) is 0 Å². The highest BCUT2D eigenvalue weighted by Gasteiger charge is 2.13. The number of nitrogens with one attached hydrogen (secondary N) is 1. The van der Waals surface area contributed by atoms with E-state index in [1.807, 2.05) is 49.4 Å². The Morgan fingerprint density at radius 3 is 2.35 bits per heavy atom. The summed E-state index contributed by atoms with van der Waals surface area (Å²) in [6.07, 6.45) is -0.544. The number of rotatable bonds is 9. The second kappa shape index (κ2) is 9.30. The Morgan fingerprint density at radius 2 is 1.70 bits per heavy atom. The Kier molecular flexibility index (Phi) is 7.07. The maximum absolute atomic E-state index is 10.1. The van der Waals surface area contributed by atoms with Gasteiger partial charge in [0.1, 0.15) is 5.75 Å². The van der Waals surface area contributed by atoms with Crippen molar-refractivity contribution in [3.8, 4) is 5.75 Å². The molecule has 0 radical (unpaired) electrons. The molecule has 2 aromatic rings. The predicted octanol–water partition coefficient (Wildman–Crippen LogP) is 2.75.